The number of aromatic nitrogens is 5. The van der Waals surface area contributed by atoms with E-state index in [4.69, 9.17) is 4.42 Å². The van der Waals surface area contributed by atoms with Crippen molar-refractivity contribution < 1.29 is 4.42 Å². The quantitative estimate of drug-likeness (QED) is 0.687. The van der Waals surface area contributed by atoms with Gasteiger partial charge in [0.15, 0.2) is 5.16 Å². The maximum Gasteiger partial charge on any atom is 0.247 e. The number of rotatable bonds is 4. The average molecular weight is 287 g/mol. The number of hydrogen-bond acceptors (Lipinski definition) is 6. The van der Waals surface area contributed by atoms with E-state index < -0.39 is 0 Å². The Hall–Kier alpha value is -2.15. The van der Waals surface area contributed by atoms with Gasteiger partial charge in [0.25, 0.3) is 0 Å². The van der Waals surface area contributed by atoms with Crippen LogP contribution < -0.4 is 0 Å². The zero-order chi connectivity index (χ0) is 13.9. The first-order valence-electron chi connectivity index (χ1n) is 6.08. The van der Waals surface area contributed by atoms with Crippen molar-refractivity contribution in [2.45, 2.75) is 17.8 Å². The van der Waals surface area contributed by atoms with Crippen molar-refractivity contribution in [2.24, 2.45) is 7.05 Å². The van der Waals surface area contributed by atoms with E-state index in [2.05, 4.69) is 20.4 Å². The van der Waals surface area contributed by atoms with Crippen LogP contribution in [0.25, 0.3) is 11.5 Å². The third-order valence-electron chi connectivity index (χ3n) is 2.73. The summed E-state index contributed by atoms with van der Waals surface area (Å²) in [6.07, 6.45) is 1.66. The monoisotopic (exact) mass is 287 g/mol. The second-order valence-electron chi connectivity index (χ2n) is 4.38. The largest absolute Gasteiger partial charge is 0.420 e. The van der Waals surface area contributed by atoms with Gasteiger partial charge in [-0.3, -0.25) is 0 Å². The van der Waals surface area contributed by atoms with Crippen LogP contribution in [0.3, 0.4) is 0 Å². The summed E-state index contributed by atoms with van der Waals surface area (Å²) in [7, 11) is 1.90. The third kappa shape index (κ3) is 2.72. The fraction of sp³-hybridized carbons (Fsp3) is 0.231. The molecule has 2 aromatic heterocycles. The van der Waals surface area contributed by atoms with Gasteiger partial charge < -0.3 is 8.98 Å². The number of hydrogen-bond donors (Lipinski definition) is 0. The van der Waals surface area contributed by atoms with E-state index >= 15 is 0 Å². The van der Waals surface area contributed by atoms with Gasteiger partial charge in [-0.05, 0) is 19.1 Å². The number of benzene rings is 1. The van der Waals surface area contributed by atoms with Gasteiger partial charge in [-0.2, -0.15) is 0 Å². The lowest BCUT2D eigenvalue weighted by atomic mass is 10.1. The van der Waals surface area contributed by atoms with Gasteiger partial charge in [-0.1, -0.05) is 29.5 Å². The van der Waals surface area contributed by atoms with Crippen molar-refractivity contribution in [1.82, 2.24) is 25.0 Å². The molecule has 7 heteroatoms. The van der Waals surface area contributed by atoms with Crippen molar-refractivity contribution in [3.05, 3.63) is 42.0 Å². The van der Waals surface area contributed by atoms with Gasteiger partial charge in [0.2, 0.25) is 11.8 Å². The Morgan fingerprint density at radius 1 is 1.25 bits per heavy atom. The second kappa shape index (κ2) is 5.46. The molecule has 0 bridgehead atoms. The summed E-state index contributed by atoms with van der Waals surface area (Å²) in [5, 5.41) is 16.8. The maximum atomic E-state index is 5.66. The molecular formula is C13H13N5OS. The molecule has 0 atom stereocenters. The molecule has 1 aromatic carbocycles. The highest BCUT2D eigenvalue weighted by atomic mass is 32.2. The average Bonchev–Trinajstić information content (AvgIpc) is 3.05. The third-order valence-corrected chi connectivity index (χ3v) is 3.75. The van der Waals surface area contributed by atoms with Crippen LogP contribution in [0, 0.1) is 6.92 Å². The summed E-state index contributed by atoms with van der Waals surface area (Å²) in [5.41, 5.74) is 2.10. The molecule has 3 rings (SSSR count). The van der Waals surface area contributed by atoms with Crippen LogP contribution in [0.5, 0.6) is 0 Å². The molecule has 0 unspecified atom stereocenters. The minimum atomic E-state index is 0.544. The van der Waals surface area contributed by atoms with Crippen LogP contribution in [-0.4, -0.2) is 25.0 Å². The van der Waals surface area contributed by atoms with Gasteiger partial charge in [-0.15, -0.1) is 20.4 Å². The standard InChI is InChI=1S/C13H13N5OS/c1-9-4-3-5-10(6-9)12-16-15-11(19-12)7-20-13-17-14-8-18(13)2/h3-6,8H,7H2,1-2H3. The van der Waals surface area contributed by atoms with E-state index in [1.807, 2.05) is 42.8 Å². The van der Waals surface area contributed by atoms with Crippen LogP contribution in [0.4, 0.5) is 0 Å². The van der Waals surface area contributed by atoms with E-state index in [9.17, 15) is 0 Å². The fourth-order valence-corrected chi connectivity index (χ4v) is 2.46. The van der Waals surface area contributed by atoms with Gasteiger partial charge >= 0.3 is 0 Å². The number of nitrogens with zero attached hydrogens (tertiary/aromatic N) is 5. The molecule has 3 aromatic rings. The second-order valence-corrected chi connectivity index (χ2v) is 5.33. The molecule has 0 amide bonds. The summed E-state index contributed by atoms with van der Waals surface area (Å²) in [6.45, 7) is 2.03. The smallest absolute Gasteiger partial charge is 0.247 e. The minimum Gasteiger partial charge on any atom is -0.420 e. The molecule has 0 aliphatic carbocycles. The van der Waals surface area contributed by atoms with Crippen LogP contribution in [0.1, 0.15) is 11.5 Å². The first kappa shape index (κ1) is 12.9. The lowest BCUT2D eigenvalue weighted by Gasteiger charge is -1.97. The Morgan fingerprint density at radius 2 is 2.15 bits per heavy atom. The predicted octanol–water partition coefficient (Wildman–Crippen LogP) is 2.47. The van der Waals surface area contributed by atoms with E-state index in [1.165, 1.54) is 11.8 Å². The zero-order valence-corrected chi connectivity index (χ0v) is 12.0. The first-order valence-corrected chi connectivity index (χ1v) is 7.07. The summed E-state index contributed by atoms with van der Waals surface area (Å²) >= 11 is 1.51. The Labute approximate surface area is 120 Å². The summed E-state index contributed by atoms with van der Waals surface area (Å²) < 4.78 is 7.51. The van der Waals surface area contributed by atoms with Crippen LogP contribution >= 0.6 is 11.8 Å². The van der Waals surface area contributed by atoms with E-state index in [0.717, 1.165) is 16.3 Å². The first-order chi connectivity index (χ1) is 9.72. The summed E-state index contributed by atoms with van der Waals surface area (Å²) in [6, 6.07) is 7.99. The van der Waals surface area contributed by atoms with E-state index in [1.54, 1.807) is 6.33 Å². The van der Waals surface area contributed by atoms with Crippen molar-refractivity contribution in [2.75, 3.05) is 0 Å². The molecule has 0 radical (unpaired) electrons. The number of thioether (sulfide) groups is 1. The fourth-order valence-electron chi connectivity index (χ4n) is 1.74. The van der Waals surface area contributed by atoms with Gasteiger partial charge in [0.1, 0.15) is 6.33 Å². The molecule has 102 valence electrons. The molecule has 2 heterocycles. The molecule has 0 saturated carbocycles. The van der Waals surface area contributed by atoms with Gasteiger partial charge in [-0.25, -0.2) is 0 Å². The Kier molecular flexibility index (Phi) is 3.51. The molecule has 6 nitrogen and oxygen atoms in total. The maximum absolute atomic E-state index is 5.66. The highest BCUT2D eigenvalue weighted by Gasteiger charge is 2.10. The number of aryl methyl sites for hydroxylation is 2. The topological polar surface area (TPSA) is 69.6 Å². The van der Waals surface area contributed by atoms with Crippen molar-refractivity contribution in [3.63, 3.8) is 0 Å². The Balaban J connectivity index is 1.72. The highest BCUT2D eigenvalue weighted by molar-refractivity contribution is 7.98. The predicted molar refractivity (Wildman–Crippen MR) is 75.0 cm³/mol. The molecule has 20 heavy (non-hydrogen) atoms. The lowest BCUT2D eigenvalue weighted by Crippen LogP contribution is -1.89. The molecule has 0 saturated heterocycles. The lowest BCUT2D eigenvalue weighted by molar-refractivity contribution is 0.528. The molecule has 0 fully saturated rings. The zero-order valence-electron chi connectivity index (χ0n) is 11.1. The molecule has 0 aliphatic heterocycles. The molecular weight excluding hydrogens is 274 g/mol. The van der Waals surface area contributed by atoms with E-state index in [-0.39, 0.29) is 0 Å². The van der Waals surface area contributed by atoms with Gasteiger partial charge in [0.05, 0.1) is 5.75 Å². The van der Waals surface area contributed by atoms with E-state index in [0.29, 0.717) is 17.5 Å². The minimum absolute atomic E-state index is 0.544. The van der Waals surface area contributed by atoms with Crippen molar-refractivity contribution in [1.29, 1.82) is 0 Å². The van der Waals surface area contributed by atoms with Gasteiger partial charge in [0, 0.05) is 12.6 Å². The highest BCUT2D eigenvalue weighted by Crippen LogP contribution is 2.23. The van der Waals surface area contributed by atoms with Crippen molar-refractivity contribution >= 4 is 11.8 Å². The SMILES string of the molecule is Cc1cccc(-c2nnc(CSc3nncn3C)o2)c1. The normalized spacial score (nSPS) is 10.9. The van der Waals surface area contributed by atoms with Crippen molar-refractivity contribution in [3.8, 4) is 11.5 Å². The van der Waals surface area contributed by atoms with Crippen LogP contribution in [0.2, 0.25) is 0 Å². The Bertz CT molecular complexity index is 721. The molecule has 0 spiro atoms. The molecule has 0 N–H and O–H groups in total. The summed E-state index contributed by atoms with van der Waals surface area (Å²) in [4.78, 5) is 0. The Morgan fingerprint density at radius 3 is 2.90 bits per heavy atom. The summed E-state index contributed by atoms with van der Waals surface area (Å²) in [5.74, 6) is 1.70. The molecule has 0 aliphatic rings. The van der Waals surface area contributed by atoms with Crippen LogP contribution in [-0.2, 0) is 12.8 Å². The van der Waals surface area contributed by atoms with Crippen LogP contribution in [0.15, 0.2) is 40.2 Å².